The van der Waals surface area contributed by atoms with Crippen LogP contribution in [0, 0.1) is 0 Å². The van der Waals surface area contributed by atoms with E-state index in [0.29, 0.717) is 16.1 Å². The van der Waals surface area contributed by atoms with Crippen LogP contribution in [0.2, 0.25) is 5.02 Å². The van der Waals surface area contributed by atoms with Crippen molar-refractivity contribution in [3.8, 4) is 0 Å². The van der Waals surface area contributed by atoms with Gasteiger partial charge in [0.25, 0.3) is 0 Å². The number of nitrogens with one attached hydrogen (secondary N) is 2. The van der Waals surface area contributed by atoms with Gasteiger partial charge in [-0.2, -0.15) is 17.9 Å². The van der Waals surface area contributed by atoms with Gasteiger partial charge in [-0.1, -0.05) is 57.9 Å². The van der Waals surface area contributed by atoms with E-state index in [9.17, 15) is 26.4 Å². The van der Waals surface area contributed by atoms with Gasteiger partial charge in [0.1, 0.15) is 6.04 Å². The van der Waals surface area contributed by atoms with Gasteiger partial charge in [-0.15, -0.1) is 0 Å². The van der Waals surface area contributed by atoms with E-state index in [1.165, 1.54) is 30.3 Å². The van der Waals surface area contributed by atoms with E-state index < -0.39 is 38.7 Å². The summed E-state index contributed by atoms with van der Waals surface area (Å²) in [4.78, 5) is 12.9. The number of sulfonamides is 1. The molecule has 0 bridgehead atoms. The van der Waals surface area contributed by atoms with Crippen molar-refractivity contribution in [1.29, 1.82) is 0 Å². The molecule has 0 fully saturated rings. The van der Waals surface area contributed by atoms with Crippen molar-refractivity contribution >= 4 is 49.1 Å². The highest BCUT2D eigenvalue weighted by molar-refractivity contribution is 9.10. The Balaban J connectivity index is 1.89. The highest BCUT2D eigenvalue weighted by Gasteiger charge is 2.34. The van der Waals surface area contributed by atoms with Crippen molar-refractivity contribution in [1.82, 2.24) is 4.72 Å². The maximum Gasteiger partial charge on any atom is 0.417 e. The summed E-state index contributed by atoms with van der Waals surface area (Å²) >= 11 is 8.85. The number of carbonyl (C=O) groups is 1. The SMILES string of the molecule is O=C(Nc1ccc(Cl)c(C(F)(F)F)c1)[C@H](Cc1ccccc1)NS(=O)(=O)c1ccc(Br)cc1. The third-order valence-electron chi connectivity index (χ3n) is 4.56. The number of anilines is 1. The highest BCUT2D eigenvalue weighted by atomic mass is 79.9. The zero-order valence-corrected chi connectivity index (χ0v) is 19.9. The Bertz CT molecular complexity index is 1240. The smallest absolute Gasteiger partial charge is 0.325 e. The van der Waals surface area contributed by atoms with Gasteiger partial charge in [0.05, 0.1) is 15.5 Å². The fourth-order valence-electron chi connectivity index (χ4n) is 2.96. The molecule has 0 saturated carbocycles. The quantitative estimate of drug-likeness (QED) is 0.392. The molecule has 0 aliphatic rings. The normalized spacial score (nSPS) is 12.9. The number of alkyl halides is 3. The van der Waals surface area contributed by atoms with E-state index in [1.54, 1.807) is 30.3 Å². The maximum atomic E-state index is 13.2. The molecule has 0 saturated heterocycles. The summed E-state index contributed by atoms with van der Waals surface area (Å²) in [6, 6.07) is 16.0. The molecule has 0 heterocycles. The van der Waals surface area contributed by atoms with Crippen LogP contribution < -0.4 is 10.0 Å². The van der Waals surface area contributed by atoms with Gasteiger partial charge >= 0.3 is 6.18 Å². The molecule has 1 amide bonds. The van der Waals surface area contributed by atoms with Crippen LogP contribution in [0.5, 0.6) is 0 Å². The fourth-order valence-corrected chi connectivity index (χ4v) is 4.64. The van der Waals surface area contributed by atoms with Crippen LogP contribution in [0.25, 0.3) is 0 Å². The Kier molecular flexibility index (Phi) is 7.84. The topological polar surface area (TPSA) is 75.3 Å². The third kappa shape index (κ3) is 6.80. The van der Waals surface area contributed by atoms with Crippen LogP contribution >= 0.6 is 27.5 Å². The van der Waals surface area contributed by atoms with Crippen molar-refractivity contribution in [3.63, 3.8) is 0 Å². The fraction of sp³-hybridized carbons (Fsp3) is 0.136. The molecule has 0 unspecified atom stereocenters. The molecule has 0 aliphatic carbocycles. The Labute approximate surface area is 202 Å². The lowest BCUT2D eigenvalue weighted by Crippen LogP contribution is -2.45. The number of rotatable bonds is 7. The molecule has 0 spiro atoms. The second kappa shape index (κ2) is 10.3. The van der Waals surface area contributed by atoms with Gasteiger partial charge in [-0.05, 0) is 54.4 Å². The predicted molar refractivity (Wildman–Crippen MR) is 123 cm³/mol. The number of amides is 1. The minimum atomic E-state index is -4.72. The summed E-state index contributed by atoms with van der Waals surface area (Å²) in [5.74, 6) is -0.824. The molecule has 1 atom stereocenters. The molecular weight excluding hydrogens is 545 g/mol. The molecule has 3 rings (SSSR count). The number of halogens is 5. The average Bonchev–Trinajstić information content (AvgIpc) is 2.74. The lowest BCUT2D eigenvalue weighted by molar-refractivity contribution is -0.137. The van der Waals surface area contributed by atoms with Crippen molar-refractivity contribution < 1.29 is 26.4 Å². The first kappa shape index (κ1) is 25.2. The van der Waals surface area contributed by atoms with Crippen molar-refractivity contribution in [2.24, 2.45) is 0 Å². The first-order valence-corrected chi connectivity index (χ1v) is 12.1. The maximum absolute atomic E-state index is 13.2. The second-order valence-electron chi connectivity index (χ2n) is 7.00. The number of benzene rings is 3. The minimum Gasteiger partial charge on any atom is -0.325 e. The molecule has 11 heteroatoms. The first-order valence-electron chi connectivity index (χ1n) is 9.45. The van der Waals surface area contributed by atoms with E-state index >= 15 is 0 Å². The van der Waals surface area contributed by atoms with Gasteiger partial charge in [0, 0.05) is 10.2 Å². The van der Waals surface area contributed by atoms with Gasteiger partial charge in [-0.3, -0.25) is 4.79 Å². The highest BCUT2D eigenvalue weighted by Crippen LogP contribution is 2.36. The zero-order chi connectivity index (χ0) is 24.2. The van der Waals surface area contributed by atoms with Crippen LogP contribution in [0.4, 0.5) is 18.9 Å². The number of carbonyl (C=O) groups excluding carboxylic acids is 1. The summed E-state index contributed by atoms with van der Waals surface area (Å²) in [6.07, 6.45) is -4.74. The monoisotopic (exact) mass is 560 g/mol. The minimum absolute atomic E-state index is 0.0256. The largest absolute Gasteiger partial charge is 0.417 e. The van der Waals surface area contributed by atoms with E-state index in [-0.39, 0.29) is 17.0 Å². The molecule has 33 heavy (non-hydrogen) atoms. The van der Waals surface area contributed by atoms with Crippen LogP contribution in [-0.4, -0.2) is 20.4 Å². The average molecular weight is 562 g/mol. The van der Waals surface area contributed by atoms with E-state index in [4.69, 9.17) is 11.6 Å². The van der Waals surface area contributed by atoms with Crippen LogP contribution in [0.3, 0.4) is 0 Å². The molecular formula is C22H17BrClF3N2O3S. The van der Waals surface area contributed by atoms with Gasteiger partial charge in [0.15, 0.2) is 0 Å². The number of hydrogen-bond donors (Lipinski definition) is 2. The molecule has 0 radical (unpaired) electrons. The molecule has 5 nitrogen and oxygen atoms in total. The Hall–Kier alpha value is -2.40. The van der Waals surface area contributed by atoms with Crippen LogP contribution in [0.15, 0.2) is 82.2 Å². The lowest BCUT2D eigenvalue weighted by atomic mass is 10.1. The summed E-state index contributed by atoms with van der Waals surface area (Å²) < 4.78 is 68.2. The summed E-state index contributed by atoms with van der Waals surface area (Å²) in [7, 11) is -4.10. The van der Waals surface area contributed by atoms with Crippen LogP contribution in [0.1, 0.15) is 11.1 Å². The molecule has 0 aliphatic heterocycles. The summed E-state index contributed by atoms with van der Waals surface area (Å²) in [6.45, 7) is 0. The second-order valence-corrected chi connectivity index (χ2v) is 10.0. The van der Waals surface area contributed by atoms with Gasteiger partial charge < -0.3 is 5.32 Å². The molecule has 3 aromatic carbocycles. The Morgan fingerprint density at radius 3 is 2.24 bits per heavy atom. The van der Waals surface area contributed by atoms with Crippen LogP contribution in [-0.2, 0) is 27.4 Å². The standard InChI is InChI=1S/C22H17BrClF3N2O3S/c23-15-6-9-17(10-7-15)33(31,32)29-20(12-14-4-2-1-3-5-14)21(30)28-16-8-11-19(24)18(13-16)22(25,26)27/h1-11,13,20,29H,12H2,(H,28,30)/t20-/m0/s1. The Morgan fingerprint density at radius 1 is 1.00 bits per heavy atom. The lowest BCUT2D eigenvalue weighted by Gasteiger charge is -2.19. The Morgan fingerprint density at radius 2 is 1.64 bits per heavy atom. The molecule has 0 aromatic heterocycles. The number of hydrogen-bond acceptors (Lipinski definition) is 3. The predicted octanol–water partition coefficient (Wildman–Crippen LogP) is 5.65. The van der Waals surface area contributed by atoms with Gasteiger partial charge in [0.2, 0.25) is 15.9 Å². The summed E-state index contributed by atoms with van der Waals surface area (Å²) in [5.41, 5.74) is -0.627. The van der Waals surface area contributed by atoms with Crippen molar-refractivity contribution in [3.05, 3.63) is 93.4 Å². The molecule has 3 aromatic rings. The van der Waals surface area contributed by atoms with Gasteiger partial charge in [-0.25, -0.2) is 8.42 Å². The summed E-state index contributed by atoms with van der Waals surface area (Å²) in [5, 5.41) is 1.84. The van der Waals surface area contributed by atoms with E-state index in [1.807, 2.05) is 0 Å². The van der Waals surface area contributed by atoms with Crippen molar-refractivity contribution in [2.75, 3.05) is 5.32 Å². The third-order valence-corrected chi connectivity index (χ3v) is 6.91. The van der Waals surface area contributed by atoms with E-state index in [2.05, 4.69) is 26.0 Å². The zero-order valence-electron chi connectivity index (χ0n) is 16.7. The van der Waals surface area contributed by atoms with Crippen molar-refractivity contribution in [2.45, 2.75) is 23.5 Å². The molecule has 174 valence electrons. The van der Waals surface area contributed by atoms with E-state index in [0.717, 1.165) is 6.07 Å². The molecule has 2 N–H and O–H groups in total. The first-order chi connectivity index (χ1) is 15.5.